The van der Waals surface area contributed by atoms with Crippen molar-refractivity contribution < 1.29 is 4.79 Å². The Bertz CT molecular complexity index is 922. The van der Waals surface area contributed by atoms with Crippen molar-refractivity contribution >= 4 is 11.9 Å². The number of aromatic nitrogens is 3. The molecule has 1 aliphatic rings. The van der Waals surface area contributed by atoms with E-state index in [2.05, 4.69) is 15.1 Å². The maximum atomic E-state index is 11.5. The first kappa shape index (κ1) is 17.1. The average Bonchev–Trinajstić information content (AvgIpc) is 2.74. The molecule has 6 heteroatoms. The molecule has 1 aliphatic heterocycles. The van der Waals surface area contributed by atoms with Crippen molar-refractivity contribution in [3.05, 3.63) is 60.7 Å². The monoisotopic (exact) mass is 359 g/mol. The Morgan fingerprint density at radius 1 is 0.778 bits per heavy atom. The van der Waals surface area contributed by atoms with Crippen LogP contribution in [0.25, 0.3) is 22.5 Å². The molecular weight excluding hydrogens is 338 g/mol. The summed E-state index contributed by atoms with van der Waals surface area (Å²) in [5.41, 5.74) is 3.59. The second-order valence-corrected chi connectivity index (χ2v) is 6.53. The molecule has 2 heterocycles. The van der Waals surface area contributed by atoms with Crippen molar-refractivity contribution in [1.29, 1.82) is 0 Å². The highest BCUT2D eigenvalue weighted by molar-refractivity contribution is 5.78. The molecule has 2 aromatic carbocycles. The van der Waals surface area contributed by atoms with Crippen LogP contribution in [0, 0.1) is 0 Å². The van der Waals surface area contributed by atoms with Gasteiger partial charge >= 0.3 is 0 Å². The van der Waals surface area contributed by atoms with E-state index in [1.54, 1.807) is 6.92 Å². The van der Waals surface area contributed by atoms with E-state index < -0.39 is 0 Å². The normalized spacial score (nSPS) is 14.3. The molecule has 0 N–H and O–H groups in total. The number of hydrogen-bond acceptors (Lipinski definition) is 5. The molecule has 6 nitrogen and oxygen atoms in total. The van der Waals surface area contributed by atoms with Crippen LogP contribution in [-0.4, -0.2) is 52.2 Å². The molecule has 0 saturated carbocycles. The minimum absolute atomic E-state index is 0.109. The number of carbonyl (C=O) groups excluding carboxylic acids is 1. The molecule has 1 aromatic heterocycles. The first-order valence-corrected chi connectivity index (χ1v) is 9.08. The quantitative estimate of drug-likeness (QED) is 0.720. The number of hydrogen-bond donors (Lipinski definition) is 0. The van der Waals surface area contributed by atoms with Crippen LogP contribution in [0.1, 0.15) is 6.92 Å². The third kappa shape index (κ3) is 3.65. The summed E-state index contributed by atoms with van der Waals surface area (Å²) < 4.78 is 0. The minimum atomic E-state index is 0.109. The standard InChI is InChI=1S/C21H21N5O/c1-16(27)25-12-14-26(15-13-25)21-22-19(17-8-4-2-5-9-17)20(23-24-21)18-10-6-3-7-11-18/h2-11H,12-15H2,1H3. The number of carbonyl (C=O) groups is 1. The van der Waals surface area contributed by atoms with E-state index in [1.165, 1.54) is 0 Å². The van der Waals surface area contributed by atoms with E-state index in [4.69, 9.17) is 4.98 Å². The number of amides is 1. The van der Waals surface area contributed by atoms with Gasteiger partial charge in [-0.1, -0.05) is 60.7 Å². The second kappa shape index (κ2) is 7.53. The van der Waals surface area contributed by atoms with Crippen LogP contribution in [0.4, 0.5) is 5.95 Å². The Kier molecular flexibility index (Phi) is 4.78. The molecule has 0 aliphatic carbocycles. The summed E-state index contributed by atoms with van der Waals surface area (Å²) in [6, 6.07) is 20.0. The van der Waals surface area contributed by atoms with Crippen molar-refractivity contribution in [2.24, 2.45) is 0 Å². The van der Waals surface area contributed by atoms with Gasteiger partial charge in [0.1, 0.15) is 11.4 Å². The van der Waals surface area contributed by atoms with Crippen molar-refractivity contribution in [2.75, 3.05) is 31.1 Å². The summed E-state index contributed by atoms with van der Waals surface area (Å²) >= 11 is 0. The topological polar surface area (TPSA) is 62.2 Å². The van der Waals surface area contributed by atoms with E-state index in [1.807, 2.05) is 65.6 Å². The molecular formula is C21H21N5O. The Morgan fingerprint density at radius 2 is 1.33 bits per heavy atom. The molecule has 0 radical (unpaired) electrons. The second-order valence-electron chi connectivity index (χ2n) is 6.53. The minimum Gasteiger partial charge on any atom is -0.339 e. The highest BCUT2D eigenvalue weighted by Crippen LogP contribution is 2.29. The molecule has 0 atom stereocenters. The highest BCUT2D eigenvalue weighted by atomic mass is 16.2. The number of piperazine rings is 1. The summed E-state index contributed by atoms with van der Waals surface area (Å²) in [4.78, 5) is 20.3. The predicted molar refractivity (Wildman–Crippen MR) is 105 cm³/mol. The van der Waals surface area contributed by atoms with Gasteiger partial charge in [0.2, 0.25) is 11.9 Å². The molecule has 0 spiro atoms. The largest absolute Gasteiger partial charge is 0.339 e. The third-order valence-electron chi connectivity index (χ3n) is 4.78. The van der Waals surface area contributed by atoms with Crippen LogP contribution in [0.3, 0.4) is 0 Å². The Labute approximate surface area is 158 Å². The molecule has 0 bridgehead atoms. The van der Waals surface area contributed by atoms with Gasteiger partial charge in [0.05, 0.1) is 0 Å². The van der Waals surface area contributed by atoms with Crippen LogP contribution in [-0.2, 0) is 4.79 Å². The molecule has 136 valence electrons. The Hall–Kier alpha value is -3.28. The summed E-state index contributed by atoms with van der Waals surface area (Å²) in [5, 5.41) is 8.92. The number of anilines is 1. The van der Waals surface area contributed by atoms with Crippen molar-refractivity contribution in [3.63, 3.8) is 0 Å². The van der Waals surface area contributed by atoms with Crippen molar-refractivity contribution in [2.45, 2.75) is 6.92 Å². The fraction of sp³-hybridized carbons (Fsp3) is 0.238. The zero-order chi connectivity index (χ0) is 18.6. The van der Waals surface area contributed by atoms with Crippen molar-refractivity contribution in [1.82, 2.24) is 20.1 Å². The Balaban J connectivity index is 1.71. The van der Waals surface area contributed by atoms with Crippen LogP contribution in [0.2, 0.25) is 0 Å². The van der Waals surface area contributed by atoms with Gasteiger partial charge in [0, 0.05) is 44.2 Å². The molecule has 4 rings (SSSR count). The molecule has 1 saturated heterocycles. The van der Waals surface area contributed by atoms with Gasteiger partial charge < -0.3 is 9.80 Å². The first-order chi connectivity index (χ1) is 13.2. The zero-order valence-electron chi connectivity index (χ0n) is 15.2. The lowest BCUT2D eigenvalue weighted by molar-refractivity contribution is -0.129. The van der Waals surface area contributed by atoms with Gasteiger partial charge in [-0.15, -0.1) is 10.2 Å². The lowest BCUT2D eigenvalue weighted by Gasteiger charge is -2.34. The van der Waals surface area contributed by atoms with Gasteiger partial charge in [-0.3, -0.25) is 4.79 Å². The lowest BCUT2D eigenvalue weighted by atomic mass is 10.0. The molecule has 1 amide bonds. The van der Waals surface area contributed by atoms with Gasteiger partial charge in [0.25, 0.3) is 0 Å². The SMILES string of the molecule is CC(=O)N1CCN(c2nnc(-c3ccccc3)c(-c3ccccc3)n2)CC1. The van der Waals surface area contributed by atoms with Gasteiger partial charge in [-0.25, -0.2) is 4.98 Å². The van der Waals surface area contributed by atoms with E-state index in [0.717, 1.165) is 22.5 Å². The predicted octanol–water partition coefficient (Wildman–Crippen LogP) is 2.87. The van der Waals surface area contributed by atoms with Gasteiger partial charge in [-0.2, -0.15) is 0 Å². The fourth-order valence-corrected chi connectivity index (χ4v) is 3.26. The highest BCUT2D eigenvalue weighted by Gasteiger charge is 2.22. The fourth-order valence-electron chi connectivity index (χ4n) is 3.26. The summed E-state index contributed by atoms with van der Waals surface area (Å²) in [6.07, 6.45) is 0. The van der Waals surface area contributed by atoms with Crippen LogP contribution >= 0.6 is 0 Å². The average molecular weight is 359 g/mol. The first-order valence-electron chi connectivity index (χ1n) is 9.08. The van der Waals surface area contributed by atoms with E-state index in [0.29, 0.717) is 32.1 Å². The van der Waals surface area contributed by atoms with E-state index >= 15 is 0 Å². The van der Waals surface area contributed by atoms with Crippen LogP contribution in [0.15, 0.2) is 60.7 Å². The zero-order valence-corrected chi connectivity index (χ0v) is 15.2. The Morgan fingerprint density at radius 3 is 1.89 bits per heavy atom. The summed E-state index contributed by atoms with van der Waals surface area (Å²) in [6.45, 7) is 4.38. The molecule has 27 heavy (non-hydrogen) atoms. The molecule has 1 fully saturated rings. The lowest BCUT2D eigenvalue weighted by Crippen LogP contribution is -2.48. The molecule has 3 aromatic rings. The van der Waals surface area contributed by atoms with Crippen molar-refractivity contribution in [3.8, 4) is 22.5 Å². The van der Waals surface area contributed by atoms with Crippen LogP contribution < -0.4 is 4.90 Å². The number of nitrogens with zero attached hydrogens (tertiary/aromatic N) is 5. The third-order valence-corrected chi connectivity index (χ3v) is 4.78. The van der Waals surface area contributed by atoms with E-state index in [9.17, 15) is 4.79 Å². The maximum absolute atomic E-state index is 11.5. The maximum Gasteiger partial charge on any atom is 0.246 e. The number of benzene rings is 2. The summed E-state index contributed by atoms with van der Waals surface area (Å²) in [7, 11) is 0. The molecule has 0 unspecified atom stereocenters. The van der Waals surface area contributed by atoms with Gasteiger partial charge in [-0.05, 0) is 0 Å². The number of rotatable bonds is 3. The smallest absolute Gasteiger partial charge is 0.246 e. The van der Waals surface area contributed by atoms with Gasteiger partial charge in [0.15, 0.2) is 0 Å². The van der Waals surface area contributed by atoms with E-state index in [-0.39, 0.29) is 5.91 Å². The summed E-state index contributed by atoms with van der Waals surface area (Å²) in [5.74, 6) is 0.717. The van der Waals surface area contributed by atoms with Crippen LogP contribution in [0.5, 0.6) is 0 Å².